The molecule has 3 aromatic heterocycles. The van der Waals surface area contributed by atoms with Crippen molar-refractivity contribution in [3.8, 4) is 29.0 Å². The summed E-state index contributed by atoms with van der Waals surface area (Å²) in [5, 5.41) is 16.0. The molecule has 3 aliphatic rings. The first kappa shape index (κ1) is 32.5. The van der Waals surface area contributed by atoms with Crippen molar-refractivity contribution < 1.29 is 27.0 Å². The highest BCUT2D eigenvalue weighted by Crippen LogP contribution is 2.50. The fourth-order valence-corrected chi connectivity index (χ4v) is 7.39. The van der Waals surface area contributed by atoms with Gasteiger partial charge >= 0.3 is 6.18 Å². The normalized spacial score (nSPS) is 20.6. The van der Waals surface area contributed by atoms with Gasteiger partial charge in [-0.3, -0.25) is 10.00 Å². The zero-order chi connectivity index (χ0) is 34.8. The monoisotopic (exact) mass is 706 g/mol. The van der Waals surface area contributed by atoms with Gasteiger partial charge in [-0.1, -0.05) is 30.2 Å². The molecule has 1 saturated carbocycles. The van der Waals surface area contributed by atoms with Crippen LogP contribution in [0.3, 0.4) is 0 Å². The number of nitrogens with one attached hydrogen (secondary N) is 1. The molecule has 2 aliphatic heterocycles. The third kappa shape index (κ3) is 5.72. The maximum absolute atomic E-state index is 14.9. The zero-order valence-electron chi connectivity index (χ0n) is 26.9. The molecule has 5 aromatic rings. The number of halogens is 5. The van der Waals surface area contributed by atoms with Gasteiger partial charge in [0.05, 0.1) is 23.6 Å². The minimum atomic E-state index is -4.65. The lowest BCUT2D eigenvalue weighted by molar-refractivity contribution is -0.144. The number of hydrogen-bond donors (Lipinski definition) is 1. The maximum atomic E-state index is 14.9. The molecule has 1 N–H and O–H groups in total. The van der Waals surface area contributed by atoms with E-state index in [1.807, 2.05) is 27.9 Å². The number of para-hydroxylation sites is 1. The van der Waals surface area contributed by atoms with Gasteiger partial charge in [0.2, 0.25) is 5.82 Å². The quantitative estimate of drug-likeness (QED) is 0.171. The van der Waals surface area contributed by atoms with Crippen molar-refractivity contribution in [3.63, 3.8) is 0 Å². The average molecular weight is 707 g/mol. The Kier molecular flexibility index (Phi) is 7.76. The molecule has 5 heterocycles. The van der Waals surface area contributed by atoms with Gasteiger partial charge in [-0.15, -0.1) is 0 Å². The van der Waals surface area contributed by atoms with Gasteiger partial charge in [-0.2, -0.15) is 23.5 Å². The number of nitrogens with zero attached hydrogens (tertiary/aromatic N) is 7. The maximum Gasteiger partial charge on any atom is 0.451 e. The summed E-state index contributed by atoms with van der Waals surface area (Å²) in [6, 6.07) is 14.3. The van der Waals surface area contributed by atoms with E-state index < -0.39 is 29.0 Å². The van der Waals surface area contributed by atoms with E-state index in [2.05, 4.69) is 26.0 Å². The highest BCUT2D eigenvalue weighted by Gasteiger charge is 2.43. The number of piperidine rings is 1. The van der Waals surface area contributed by atoms with Gasteiger partial charge in [0.15, 0.2) is 23.0 Å². The predicted molar refractivity (Wildman–Crippen MR) is 174 cm³/mol. The Morgan fingerprint density at radius 3 is 2.58 bits per heavy atom. The van der Waals surface area contributed by atoms with Crippen LogP contribution >= 0.6 is 11.6 Å². The molecule has 0 amide bonds. The number of likely N-dealkylation sites (tertiary alicyclic amines) is 1. The van der Waals surface area contributed by atoms with E-state index in [0.29, 0.717) is 41.3 Å². The number of aromatic amines is 1. The Labute approximate surface area is 289 Å². The zero-order valence-corrected chi connectivity index (χ0v) is 27.7. The first-order chi connectivity index (χ1) is 23.9. The van der Waals surface area contributed by atoms with Crippen LogP contribution in [0.4, 0.5) is 17.6 Å². The highest BCUT2D eigenvalue weighted by molar-refractivity contribution is 6.30. The van der Waals surface area contributed by atoms with E-state index in [1.54, 1.807) is 25.1 Å². The number of aromatic nitrogens is 6. The number of ether oxygens (including phenoxy) is 2. The smallest absolute Gasteiger partial charge is 0.444 e. The minimum absolute atomic E-state index is 0.127. The third-order valence-corrected chi connectivity index (χ3v) is 10.3. The fraction of sp³-hybridized carbons (Fsp3) is 0.400. The van der Waals surface area contributed by atoms with Crippen LogP contribution in [0, 0.1) is 22.6 Å². The largest absolute Gasteiger partial charge is 0.451 e. The van der Waals surface area contributed by atoms with Crippen LogP contribution in [0.25, 0.3) is 22.6 Å². The molecule has 15 heteroatoms. The SMILES string of the molecule is C[C@]1(c2ccc(Cl)cc2F)Oc2cccc(C3CCN(Cc4nc5cc(-c6n[nH]c(C(F)(F)F)n6)cnc5n4CC4(C#N)CCC4)CC3)c2O1. The van der Waals surface area contributed by atoms with Crippen LogP contribution in [0.1, 0.15) is 67.7 Å². The molecule has 0 unspecified atom stereocenters. The summed E-state index contributed by atoms with van der Waals surface area (Å²) >= 11 is 5.98. The second-order valence-corrected chi connectivity index (χ2v) is 13.9. The Morgan fingerprint density at radius 2 is 1.90 bits per heavy atom. The first-order valence-corrected chi connectivity index (χ1v) is 16.8. The molecule has 50 heavy (non-hydrogen) atoms. The van der Waals surface area contributed by atoms with E-state index >= 15 is 0 Å². The number of alkyl halides is 3. The predicted octanol–water partition coefficient (Wildman–Crippen LogP) is 7.75. The molecule has 258 valence electrons. The van der Waals surface area contributed by atoms with Crippen molar-refractivity contribution in [1.29, 1.82) is 5.26 Å². The molecule has 1 aliphatic carbocycles. The van der Waals surface area contributed by atoms with Gasteiger partial charge in [-0.25, -0.2) is 19.3 Å². The summed E-state index contributed by atoms with van der Waals surface area (Å²) in [6.45, 7) is 4.12. The van der Waals surface area contributed by atoms with Gasteiger partial charge < -0.3 is 14.0 Å². The van der Waals surface area contributed by atoms with Crippen molar-refractivity contribution >= 4 is 22.8 Å². The standard InChI is InChI=1S/C35H31ClF4N8O2/c1-33(24-7-6-22(36)15-25(24)37)49-27-5-2-4-23(29(27)50-33)20-8-12-47(13-9-20)17-28-43-26-14-21(30-44-32(46-45-30)35(38,39)40)16-42-31(26)48(28)19-34(18-41)10-3-11-34/h2,4-7,14-16,20H,3,8-13,17,19H2,1H3,(H,44,45,46)/t33-/m0/s1. The molecule has 2 fully saturated rings. The van der Waals surface area contributed by atoms with Crippen LogP contribution in [0.15, 0.2) is 48.7 Å². The summed E-state index contributed by atoms with van der Waals surface area (Å²) in [5.41, 5.74) is 2.11. The number of imidazole rings is 1. The van der Waals surface area contributed by atoms with E-state index in [0.717, 1.165) is 56.6 Å². The van der Waals surface area contributed by atoms with Crippen molar-refractivity contribution in [1.82, 2.24) is 34.6 Å². The van der Waals surface area contributed by atoms with Crippen LogP contribution in [0.5, 0.6) is 11.5 Å². The van der Waals surface area contributed by atoms with E-state index in [-0.39, 0.29) is 22.3 Å². The molecule has 8 rings (SSSR count). The topological polar surface area (TPSA) is 118 Å². The van der Waals surface area contributed by atoms with Gasteiger partial charge in [0.1, 0.15) is 17.2 Å². The molecule has 10 nitrogen and oxygen atoms in total. The summed E-state index contributed by atoms with van der Waals surface area (Å²) < 4.78 is 68.9. The number of rotatable bonds is 7. The number of H-pyrrole nitrogens is 1. The molecule has 0 spiro atoms. The molecule has 0 radical (unpaired) electrons. The molecule has 1 saturated heterocycles. The number of pyridine rings is 1. The second kappa shape index (κ2) is 11.9. The molecular weight excluding hydrogens is 676 g/mol. The van der Waals surface area contributed by atoms with Crippen LogP contribution in [-0.4, -0.2) is 47.7 Å². The van der Waals surface area contributed by atoms with Crippen molar-refractivity contribution in [3.05, 3.63) is 82.3 Å². The Hall–Kier alpha value is -4.74. The highest BCUT2D eigenvalue weighted by atomic mass is 35.5. The molecule has 0 bridgehead atoms. The summed E-state index contributed by atoms with van der Waals surface area (Å²) in [5.74, 6) is -1.09. The van der Waals surface area contributed by atoms with Crippen LogP contribution in [0.2, 0.25) is 5.02 Å². The van der Waals surface area contributed by atoms with Gasteiger partial charge in [0, 0.05) is 35.8 Å². The Morgan fingerprint density at radius 1 is 1.10 bits per heavy atom. The minimum Gasteiger partial charge on any atom is -0.444 e. The van der Waals surface area contributed by atoms with Crippen LogP contribution in [-0.2, 0) is 25.1 Å². The van der Waals surface area contributed by atoms with Gasteiger partial charge in [-0.05, 0) is 75.0 Å². The van der Waals surface area contributed by atoms with E-state index in [9.17, 15) is 22.8 Å². The molecular formula is C35H31ClF4N8O2. The van der Waals surface area contributed by atoms with Crippen molar-refractivity contribution in [2.45, 2.75) is 70.0 Å². The summed E-state index contributed by atoms with van der Waals surface area (Å²) in [6.07, 6.45) is 0.957. The summed E-state index contributed by atoms with van der Waals surface area (Å²) in [7, 11) is 0. The Bertz CT molecular complexity index is 2150. The number of hydrogen-bond acceptors (Lipinski definition) is 8. The lowest BCUT2D eigenvalue weighted by Gasteiger charge is -2.36. The van der Waals surface area contributed by atoms with E-state index in [4.69, 9.17) is 26.1 Å². The van der Waals surface area contributed by atoms with E-state index in [1.165, 1.54) is 12.3 Å². The van der Waals surface area contributed by atoms with Crippen molar-refractivity contribution in [2.75, 3.05) is 13.1 Å². The Balaban J connectivity index is 1.02. The lowest BCUT2D eigenvalue weighted by atomic mass is 9.70. The van der Waals surface area contributed by atoms with Crippen molar-refractivity contribution in [2.24, 2.45) is 5.41 Å². The lowest BCUT2D eigenvalue weighted by Crippen LogP contribution is -2.36. The summed E-state index contributed by atoms with van der Waals surface area (Å²) in [4.78, 5) is 15.4. The number of fused-ring (bicyclic) bond motifs is 2. The first-order valence-electron chi connectivity index (χ1n) is 16.4. The second-order valence-electron chi connectivity index (χ2n) is 13.4. The molecule has 1 atom stereocenters. The average Bonchev–Trinajstić information content (AvgIpc) is 3.78. The fourth-order valence-electron chi connectivity index (χ4n) is 7.24. The van der Waals surface area contributed by atoms with Crippen LogP contribution < -0.4 is 9.47 Å². The molecule has 2 aromatic carbocycles. The number of benzene rings is 2. The third-order valence-electron chi connectivity index (χ3n) is 10.1. The number of nitriles is 1. The van der Waals surface area contributed by atoms with Gasteiger partial charge in [0.25, 0.3) is 5.79 Å².